The second kappa shape index (κ2) is 13.6. The Morgan fingerprint density at radius 2 is 0.964 bits per heavy atom. The summed E-state index contributed by atoms with van der Waals surface area (Å²) in [5.74, 6) is -3.11. The molecule has 0 fully saturated rings. The second-order valence-corrected chi connectivity index (χ2v) is 12.3. The van der Waals surface area contributed by atoms with Crippen LogP contribution < -0.4 is 14.2 Å². The summed E-state index contributed by atoms with van der Waals surface area (Å²) >= 11 is 0. The summed E-state index contributed by atoms with van der Waals surface area (Å²) in [6.45, 7) is 19.9. The van der Waals surface area contributed by atoms with Crippen LogP contribution in [0.2, 0.25) is 0 Å². The lowest BCUT2D eigenvalue weighted by Crippen LogP contribution is -2.22. The van der Waals surface area contributed by atoms with Crippen molar-refractivity contribution >= 4 is 22.3 Å². The molecule has 0 spiro atoms. The fraction of sp³-hybridized carbons (Fsp3) is 0.150. The van der Waals surface area contributed by atoms with E-state index in [0.29, 0.717) is 11.6 Å². The summed E-state index contributed by atoms with van der Waals surface area (Å²) in [6, 6.07) is 17.1. The average molecular weight is 775 g/mol. The van der Waals surface area contributed by atoms with Crippen molar-refractivity contribution in [2.75, 3.05) is 0 Å². The molecule has 280 valence electrons. The highest BCUT2D eigenvalue weighted by Gasteiger charge is 2.43. The zero-order chi connectivity index (χ0) is 41.1. The monoisotopic (exact) mass is 774 g/mol. The maximum Gasteiger partial charge on any atom is 0.573 e. The summed E-state index contributed by atoms with van der Waals surface area (Å²) in [6.07, 6.45) is -15.9. The van der Waals surface area contributed by atoms with E-state index in [-0.39, 0.29) is 72.4 Å². The van der Waals surface area contributed by atoms with Crippen LogP contribution in [0.15, 0.2) is 72.1 Å². The molecule has 0 unspecified atom stereocenters. The molecule has 16 heteroatoms. The van der Waals surface area contributed by atoms with Crippen LogP contribution in [0.25, 0.3) is 54.2 Å². The molecular formula is C40H19F9N4O3. The number of nitrogens with zero attached hydrogens (tertiary/aromatic N) is 4. The largest absolute Gasteiger partial charge is 0.573 e. The Bertz CT molecular complexity index is 2620. The number of rotatable bonds is 5. The van der Waals surface area contributed by atoms with Crippen molar-refractivity contribution in [3.05, 3.63) is 134 Å². The van der Waals surface area contributed by atoms with Gasteiger partial charge in [0.2, 0.25) is 0 Å². The van der Waals surface area contributed by atoms with Crippen LogP contribution in [0.4, 0.5) is 39.5 Å². The summed E-state index contributed by atoms with van der Waals surface area (Å²) in [5, 5.41) is 20.5. The van der Waals surface area contributed by atoms with Crippen molar-refractivity contribution < 1.29 is 53.7 Å². The third-order valence-electron chi connectivity index (χ3n) is 8.98. The first kappa shape index (κ1) is 38.6. The van der Waals surface area contributed by atoms with E-state index in [9.17, 15) is 50.0 Å². The Morgan fingerprint density at radius 3 is 1.38 bits per heavy atom. The van der Waals surface area contributed by atoms with Gasteiger partial charge < -0.3 is 14.2 Å². The minimum atomic E-state index is -5.45. The van der Waals surface area contributed by atoms with Gasteiger partial charge in [-0.1, -0.05) is 42.5 Å². The van der Waals surface area contributed by atoms with Gasteiger partial charge in [0.1, 0.15) is 5.75 Å². The number of allylic oxidation sites excluding steroid dienone is 6. The lowest BCUT2D eigenvalue weighted by atomic mass is 9.84. The number of hydrogen-bond acceptors (Lipinski definition) is 5. The zero-order valence-corrected chi connectivity index (χ0v) is 28.7. The van der Waals surface area contributed by atoms with Crippen LogP contribution in [0.3, 0.4) is 0 Å². The molecule has 7 nitrogen and oxygen atoms in total. The minimum absolute atomic E-state index is 0.0125. The van der Waals surface area contributed by atoms with Crippen molar-refractivity contribution in [1.82, 2.24) is 0 Å². The first-order valence-corrected chi connectivity index (χ1v) is 15.8. The van der Waals surface area contributed by atoms with E-state index < -0.39 is 53.3 Å². The van der Waals surface area contributed by atoms with Crippen LogP contribution in [0.5, 0.6) is 17.2 Å². The van der Waals surface area contributed by atoms with Gasteiger partial charge in [0, 0.05) is 11.1 Å². The lowest BCUT2D eigenvalue weighted by molar-refractivity contribution is -0.287. The summed E-state index contributed by atoms with van der Waals surface area (Å²) < 4.78 is 133. The predicted octanol–water partition coefficient (Wildman–Crippen LogP) is 11.9. The molecule has 2 aliphatic carbocycles. The first-order chi connectivity index (χ1) is 26.2. The lowest BCUT2D eigenvalue weighted by Gasteiger charge is -2.21. The van der Waals surface area contributed by atoms with Crippen LogP contribution in [-0.4, -0.2) is 19.1 Å². The molecule has 4 aromatic rings. The normalized spacial score (nSPS) is 15.1. The maximum atomic E-state index is 13.5. The van der Waals surface area contributed by atoms with E-state index in [4.69, 9.17) is 13.1 Å². The Balaban J connectivity index is 1.68. The van der Waals surface area contributed by atoms with E-state index >= 15 is 0 Å². The molecule has 0 saturated carbocycles. The van der Waals surface area contributed by atoms with Gasteiger partial charge in [-0.3, -0.25) is 0 Å². The molecular weight excluding hydrogens is 755 g/mol. The number of ether oxygens (including phenoxy) is 3. The fourth-order valence-corrected chi connectivity index (χ4v) is 6.88. The molecule has 0 saturated heterocycles. The van der Waals surface area contributed by atoms with Crippen molar-refractivity contribution in [3.8, 4) is 51.6 Å². The van der Waals surface area contributed by atoms with Crippen LogP contribution >= 0.6 is 0 Å². The molecule has 0 amide bonds. The van der Waals surface area contributed by atoms with Crippen LogP contribution in [0, 0.1) is 56.6 Å². The van der Waals surface area contributed by atoms with E-state index in [1.165, 1.54) is 37.3 Å². The summed E-state index contributed by atoms with van der Waals surface area (Å²) in [7, 11) is 0. The molecule has 0 heterocycles. The van der Waals surface area contributed by atoms with E-state index in [1.54, 1.807) is 19.1 Å². The third kappa shape index (κ3) is 6.85. The van der Waals surface area contributed by atoms with E-state index in [2.05, 4.69) is 23.9 Å². The molecule has 6 rings (SSSR count). The Kier molecular flexibility index (Phi) is 9.36. The number of aryl methyl sites for hydroxylation is 2. The van der Waals surface area contributed by atoms with E-state index in [0.717, 1.165) is 19.1 Å². The van der Waals surface area contributed by atoms with Crippen molar-refractivity contribution in [2.24, 2.45) is 0 Å². The number of benzene rings is 4. The number of halogens is 9. The smallest absolute Gasteiger partial charge is 0.405 e. The molecule has 0 aliphatic heterocycles. The molecule has 2 aliphatic rings. The van der Waals surface area contributed by atoms with Crippen LogP contribution in [-0.2, 0) is 0 Å². The van der Waals surface area contributed by atoms with Crippen molar-refractivity contribution in [3.63, 3.8) is 0 Å². The standard InChI is InChI=1S/C40H19F9N4O3/c1-18-12-21(14-29(20(18)3)54-38(41,42)43)23-8-6-10-25-31(23)35(27(16-50)52-4)34-26-11-7-9-24(32(26)36(33(25)34)28(17-51)53-5)22-13-19(2)37(56-40(47,48)49)30(15-22)55-39(44,45)46/h6-15H,1-3H3/b35-27+,36-28-. The highest BCUT2D eigenvalue weighted by atomic mass is 19.4. The van der Waals surface area contributed by atoms with Gasteiger partial charge in [-0.2, -0.15) is 0 Å². The van der Waals surface area contributed by atoms with Gasteiger partial charge in [-0.05, 0) is 111 Å². The average Bonchev–Trinajstić information content (AvgIpc) is 3.61. The van der Waals surface area contributed by atoms with Gasteiger partial charge in [0.15, 0.2) is 11.5 Å². The third-order valence-corrected chi connectivity index (χ3v) is 8.98. The zero-order valence-electron chi connectivity index (χ0n) is 28.7. The molecule has 0 radical (unpaired) electrons. The molecule has 0 aromatic heterocycles. The SMILES string of the molecule is [C-]#[N+]/C(C#N)=C1C2=C(/C(=C(\C#N)[N+]#[C-])c3c2cccc3-c2cc(C)c(C)c(OC(F)(F)F)c2)c2cccc(-c3cc(C)c(OC(F)(F)F)c(OC(F)(F)F)c3)c2\1. The van der Waals surface area contributed by atoms with E-state index in [1.807, 2.05) is 12.1 Å². The number of hydrogen-bond donors (Lipinski definition) is 0. The first-order valence-electron chi connectivity index (χ1n) is 15.8. The molecule has 56 heavy (non-hydrogen) atoms. The molecule has 0 atom stereocenters. The topological polar surface area (TPSA) is 84.0 Å². The van der Waals surface area contributed by atoms with Crippen molar-refractivity contribution in [2.45, 2.75) is 39.9 Å². The minimum Gasteiger partial charge on any atom is -0.405 e. The number of fused-ring (bicyclic) bond motifs is 4. The predicted molar refractivity (Wildman–Crippen MR) is 183 cm³/mol. The van der Waals surface area contributed by atoms with Gasteiger partial charge in [-0.25, -0.2) is 20.2 Å². The second-order valence-electron chi connectivity index (χ2n) is 12.3. The van der Waals surface area contributed by atoms with Gasteiger partial charge >= 0.3 is 19.1 Å². The molecule has 0 N–H and O–H groups in total. The summed E-state index contributed by atoms with van der Waals surface area (Å²) in [5.41, 5.74) is 0.395. The summed E-state index contributed by atoms with van der Waals surface area (Å²) in [4.78, 5) is 6.83. The maximum absolute atomic E-state index is 13.5. The highest BCUT2D eigenvalue weighted by molar-refractivity contribution is 6.39. The number of alkyl halides is 9. The highest BCUT2D eigenvalue weighted by Crippen LogP contribution is 2.62. The molecule has 4 aromatic carbocycles. The Labute approximate surface area is 311 Å². The van der Waals surface area contributed by atoms with Gasteiger partial charge in [0.05, 0.1) is 25.3 Å². The molecule has 0 bridgehead atoms. The quantitative estimate of drug-likeness (QED) is 0.115. The van der Waals surface area contributed by atoms with Gasteiger partial charge in [0.25, 0.3) is 11.4 Å². The van der Waals surface area contributed by atoms with Gasteiger partial charge in [-0.15, -0.1) is 39.5 Å². The number of nitriles is 2. The fourth-order valence-electron chi connectivity index (χ4n) is 6.88. The van der Waals surface area contributed by atoms with Crippen molar-refractivity contribution in [1.29, 1.82) is 10.5 Å². The Hall–Kier alpha value is -7.17. The Morgan fingerprint density at radius 1 is 0.571 bits per heavy atom. The van der Waals surface area contributed by atoms with Crippen LogP contribution in [0.1, 0.15) is 38.9 Å².